The summed E-state index contributed by atoms with van der Waals surface area (Å²) in [4.78, 5) is 0. The third-order valence-corrected chi connectivity index (χ3v) is 2.18. The van der Waals surface area contributed by atoms with Crippen molar-refractivity contribution >= 4 is 18.1 Å². The van der Waals surface area contributed by atoms with Crippen LogP contribution in [0.5, 0.6) is 5.75 Å². The predicted octanol–water partition coefficient (Wildman–Crippen LogP) is 3.20. The van der Waals surface area contributed by atoms with Crippen molar-refractivity contribution in [3.63, 3.8) is 0 Å². The molecule has 0 aliphatic heterocycles. The van der Waals surface area contributed by atoms with Crippen molar-refractivity contribution in [1.82, 2.24) is 0 Å². The lowest BCUT2D eigenvalue weighted by Crippen LogP contribution is -1.88. The van der Waals surface area contributed by atoms with Crippen molar-refractivity contribution in [3.8, 4) is 16.9 Å². The standard InChI is InChI=1S/C12H10FNO.ClH/c13-11-4-2-1-3-9(11)10-7-8(14)5-6-12(10)15;/h1-7,15H,14H2;1H. The fraction of sp³-hybridized carbons (Fsp3) is 0. The Morgan fingerprint density at radius 2 is 1.69 bits per heavy atom. The van der Waals surface area contributed by atoms with Crippen LogP contribution in [0.15, 0.2) is 42.5 Å². The Kier molecular flexibility index (Phi) is 3.74. The fourth-order valence-electron chi connectivity index (χ4n) is 1.45. The molecule has 0 bridgehead atoms. The van der Waals surface area contributed by atoms with Gasteiger partial charge in [0, 0.05) is 16.8 Å². The summed E-state index contributed by atoms with van der Waals surface area (Å²) in [7, 11) is 0. The van der Waals surface area contributed by atoms with Gasteiger partial charge in [-0.25, -0.2) is 4.39 Å². The van der Waals surface area contributed by atoms with E-state index in [0.29, 0.717) is 16.8 Å². The van der Waals surface area contributed by atoms with Crippen LogP contribution in [0.1, 0.15) is 0 Å². The zero-order valence-corrected chi connectivity index (χ0v) is 9.17. The zero-order chi connectivity index (χ0) is 10.8. The minimum Gasteiger partial charge on any atom is -0.507 e. The average Bonchev–Trinajstić information content (AvgIpc) is 2.23. The Balaban J connectivity index is 0.00000128. The molecule has 0 atom stereocenters. The van der Waals surface area contributed by atoms with E-state index in [1.807, 2.05) is 0 Å². The molecule has 2 nitrogen and oxygen atoms in total. The number of rotatable bonds is 1. The number of hydrogen-bond donors (Lipinski definition) is 2. The number of phenols is 1. The maximum atomic E-state index is 13.4. The molecule has 0 radical (unpaired) electrons. The molecule has 2 aromatic carbocycles. The number of aromatic hydroxyl groups is 1. The molecule has 0 saturated carbocycles. The molecule has 84 valence electrons. The molecule has 0 amide bonds. The molecule has 3 N–H and O–H groups in total. The summed E-state index contributed by atoms with van der Waals surface area (Å²) < 4.78 is 13.4. The molecule has 0 aliphatic rings. The predicted molar refractivity (Wildman–Crippen MR) is 65.2 cm³/mol. The van der Waals surface area contributed by atoms with Gasteiger partial charge in [0.15, 0.2) is 0 Å². The van der Waals surface area contributed by atoms with Gasteiger partial charge in [-0.3, -0.25) is 0 Å². The molecule has 0 aliphatic carbocycles. The molecular weight excluding hydrogens is 229 g/mol. The van der Waals surface area contributed by atoms with E-state index in [1.54, 1.807) is 30.3 Å². The van der Waals surface area contributed by atoms with Gasteiger partial charge in [0.1, 0.15) is 11.6 Å². The van der Waals surface area contributed by atoms with Crippen LogP contribution in [0, 0.1) is 5.82 Å². The number of phenolic OH excluding ortho intramolecular Hbond substituents is 1. The lowest BCUT2D eigenvalue weighted by Gasteiger charge is -2.06. The van der Waals surface area contributed by atoms with Gasteiger partial charge < -0.3 is 10.8 Å². The van der Waals surface area contributed by atoms with Crippen LogP contribution >= 0.6 is 12.4 Å². The molecule has 0 saturated heterocycles. The lowest BCUT2D eigenvalue weighted by molar-refractivity contribution is 0.477. The minimum atomic E-state index is -0.376. The molecule has 0 fully saturated rings. The summed E-state index contributed by atoms with van der Waals surface area (Å²) in [6.07, 6.45) is 0. The number of benzene rings is 2. The smallest absolute Gasteiger partial charge is 0.131 e. The van der Waals surface area contributed by atoms with Crippen LogP contribution in [-0.2, 0) is 0 Å². The highest BCUT2D eigenvalue weighted by atomic mass is 35.5. The van der Waals surface area contributed by atoms with Gasteiger partial charge >= 0.3 is 0 Å². The Morgan fingerprint density at radius 3 is 2.38 bits per heavy atom. The fourth-order valence-corrected chi connectivity index (χ4v) is 1.45. The molecule has 2 aromatic rings. The van der Waals surface area contributed by atoms with E-state index in [0.717, 1.165) is 0 Å². The SMILES string of the molecule is Cl.Nc1ccc(O)c(-c2ccccc2F)c1. The summed E-state index contributed by atoms with van der Waals surface area (Å²) in [6.45, 7) is 0. The van der Waals surface area contributed by atoms with Crippen molar-refractivity contribution in [2.24, 2.45) is 0 Å². The normalized spacial score (nSPS) is 9.56. The summed E-state index contributed by atoms with van der Waals surface area (Å²) in [5, 5.41) is 9.59. The number of halogens is 2. The van der Waals surface area contributed by atoms with Crippen LogP contribution in [0.3, 0.4) is 0 Å². The first kappa shape index (κ1) is 12.3. The Hall–Kier alpha value is -1.74. The maximum Gasteiger partial charge on any atom is 0.131 e. The van der Waals surface area contributed by atoms with Gasteiger partial charge in [0.05, 0.1) is 0 Å². The third-order valence-electron chi connectivity index (χ3n) is 2.18. The second-order valence-electron chi connectivity index (χ2n) is 3.26. The second-order valence-corrected chi connectivity index (χ2v) is 3.26. The third kappa shape index (κ3) is 2.25. The van der Waals surface area contributed by atoms with Crippen LogP contribution in [0.25, 0.3) is 11.1 Å². The molecule has 0 heterocycles. The van der Waals surface area contributed by atoms with Gasteiger partial charge in [-0.1, -0.05) is 18.2 Å². The van der Waals surface area contributed by atoms with Crippen LogP contribution < -0.4 is 5.73 Å². The van der Waals surface area contributed by atoms with E-state index < -0.39 is 0 Å². The molecule has 0 aromatic heterocycles. The van der Waals surface area contributed by atoms with Crippen LogP contribution in [0.2, 0.25) is 0 Å². The summed E-state index contributed by atoms with van der Waals surface area (Å²) in [5.74, 6) is -0.354. The van der Waals surface area contributed by atoms with E-state index in [4.69, 9.17) is 5.73 Å². The van der Waals surface area contributed by atoms with E-state index in [2.05, 4.69) is 0 Å². The lowest BCUT2D eigenvalue weighted by atomic mass is 10.0. The zero-order valence-electron chi connectivity index (χ0n) is 8.35. The topological polar surface area (TPSA) is 46.2 Å². The molecule has 16 heavy (non-hydrogen) atoms. The largest absolute Gasteiger partial charge is 0.507 e. The highest BCUT2D eigenvalue weighted by Crippen LogP contribution is 2.32. The Bertz CT molecular complexity index is 502. The first-order valence-corrected chi connectivity index (χ1v) is 4.52. The van der Waals surface area contributed by atoms with Crippen molar-refractivity contribution in [1.29, 1.82) is 0 Å². The van der Waals surface area contributed by atoms with Crippen molar-refractivity contribution < 1.29 is 9.50 Å². The summed E-state index contributed by atoms with van der Waals surface area (Å²) in [6, 6.07) is 10.8. The molecule has 0 spiro atoms. The van der Waals surface area contributed by atoms with Gasteiger partial charge in [-0.15, -0.1) is 12.4 Å². The Morgan fingerprint density at radius 1 is 1.00 bits per heavy atom. The number of anilines is 1. The molecule has 2 rings (SSSR count). The van der Waals surface area contributed by atoms with Crippen molar-refractivity contribution in [2.45, 2.75) is 0 Å². The second kappa shape index (κ2) is 4.86. The first-order valence-electron chi connectivity index (χ1n) is 4.52. The monoisotopic (exact) mass is 239 g/mol. The summed E-state index contributed by atoms with van der Waals surface area (Å²) >= 11 is 0. The quantitative estimate of drug-likeness (QED) is 0.593. The maximum absolute atomic E-state index is 13.4. The van der Waals surface area contributed by atoms with E-state index in [9.17, 15) is 9.50 Å². The first-order chi connectivity index (χ1) is 7.18. The van der Waals surface area contributed by atoms with Crippen LogP contribution in [0.4, 0.5) is 10.1 Å². The molecule has 0 unspecified atom stereocenters. The average molecular weight is 240 g/mol. The van der Waals surface area contributed by atoms with Gasteiger partial charge in [0.25, 0.3) is 0 Å². The minimum absolute atomic E-state index is 0. The van der Waals surface area contributed by atoms with Crippen molar-refractivity contribution in [2.75, 3.05) is 5.73 Å². The number of hydrogen-bond acceptors (Lipinski definition) is 2. The highest BCUT2D eigenvalue weighted by molar-refractivity contribution is 5.85. The highest BCUT2D eigenvalue weighted by Gasteiger charge is 2.08. The van der Waals surface area contributed by atoms with E-state index in [1.165, 1.54) is 12.1 Å². The number of nitrogens with two attached hydrogens (primary N) is 1. The van der Waals surface area contributed by atoms with Crippen LogP contribution in [-0.4, -0.2) is 5.11 Å². The van der Waals surface area contributed by atoms with Gasteiger partial charge in [-0.05, 0) is 24.3 Å². The van der Waals surface area contributed by atoms with E-state index in [-0.39, 0.29) is 24.0 Å². The van der Waals surface area contributed by atoms with Gasteiger partial charge in [-0.2, -0.15) is 0 Å². The summed E-state index contributed by atoms with van der Waals surface area (Å²) in [5.41, 5.74) is 6.83. The van der Waals surface area contributed by atoms with Crippen molar-refractivity contribution in [3.05, 3.63) is 48.3 Å². The number of nitrogen functional groups attached to an aromatic ring is 1. The molecule has 4 heteroatoms. The molecular formula is C12H11ClFNO. The van der Waals surface area contributed by atoms with Gasteiger partial charge in [0.2, 0.25) is 0 Å². The van der Waals surface area contributed by atoms with E-state index >= 15 is 0 Å². The Labute approximate surface area is 98.9 Å².